The van der Waals surface area contributed by atoms with Gasteiger partial charge < -0.3 is 35.7 Å². The maximum atomic E-state index is 12.5. The summed E-state index contributed by atoms with van der Waals surface area (Å²) >= 11 is 0. The second-order valence-electron chi connectivity index (χ2n) is 12.2. The van der Waals surface area contributed by atoms with Gasteiger partial charge in [-0.3, -0.25) is 9.79 Å². The first kappa shape index (κ1) is 30.5. The smallest absolute Gasteiger partial charge is 0.407 e. The molecule has 5 N–H and O–H groups in total. The lowest BCUT2D eigenvalue weighted by atomic mass is 9.96. The fourth-order valence-corrected chi connectivity index (χ4v) is 6.05. The molecule has 3 aliphatic heterocycles. The van der Waals surface area contributed by atoms with Gasteiger partial charge >= 0.3 is 6.09 Å². The number of methoxy groups -OCH3 is 1. The largest absolute Gasteiger partial charge is 0.453 e. The van der Waals surface area contributed by atoms with Crippen molar-refractivity contribution in [1.82, 2.24) is 31.2 Å². The van der Waals surface area contributed by atoms with Crippen LogP contribution in [-0.2, 0) is 16.0 Å². The van der Waals surface area contributed by atoms with Crippen molar-refractivity contribution in [2.45, 2.75) is 70.5 Å². The number of amidine groups is 1. The molecule has 1 fully saturated rings. The number of amides is 2. The third-order valence-corrected chi connectivity index (χ3v) is 8.64. The number of alkyl carbamates (subject to hydrolysis) is 1. The van der Waals surface area contributed by atoms with Gasteiger partial charge in [0.25, 0.3) is 0 Å². The summed E-state index contributed by atoms with van der Waals surface area (Å²) in [4.78, 5) is 36.8. The molecule has 3 aliphatic rings. The van der Waals surface area contributed by atoms with Crippen molar-refractivity contribution >= 4 is 17.8 Å². The lowest BCUT2D eigenvalue weighted by Gasteiger charge is -2.21. The van der Waals surface area contributed by atoms with E-state index < -0.39 is 12.1 Å². The van der Waals surface area contributed by atoms with E-state index >= 15 is 0 Å². The van der Waals surface area contributed by atoms with E-state index in [1.807, 2.05) is 20.0 Å². The molecule has 0 spiro atoms. The summed E-state index contributed by atoms with van der Waals surface area (Å²) < 4.78 is 10.9. The molecule has 236 valence electrons. The minimum atomic E-state index is -0.629. The minimum absolute atomic E-state index is 0.0497. The van der Waals surface area contributed by atoms with Crippen molar-refractivity contribution in [2.75, 3.05) is 26.7 Å². The van der Waals surface area contributed by atoms with Crippen LogP contribution in [0.25, 0.3) is 11.3 Å². The van der Waals surface area contributed by atoms with Gasteiger partial charge in [-0.15, -0.1) is 0 Å². The number of unbranched alkanes of at least 4 members (excludes halogenated alkanes) is 1. The van der Waals surface area contributed by atoms with E-state index in [0.717, 1.165) is 84.0 Å². The number of ether oxygens (including phenoxy) is 2. The summed E-state index contributed by atoms with van der Waals surface area (Å²) in [6.07, 6.45) is 6.80. The van der Waals surface area contributed by atoms with Crippen LogP contribution in [0.1, 0.15) is 80.6 Å². The van der Waals surface area contributed by atoms with E-state index in [2.05, 4.69) is 72.4 Å². The molecule has 2 amide bonds. The summed E-state index contributed by atoms with van der Waals surface area (Å²) in [6, 6.07) is 14.8. The maximum Gasteiger partial charge on any atom is 0.407 e. The molecule has 11 heteroatoms. The number of carbonyl (C=O) groups is 2. The number of hydrogen-bond donors (Lipinski definition) is 5. The zero-order chi connectivity index (χ0) is 31.3. The highest BCUT2D eigenvalue weighted by atomic mass is 16.5. The average molecular weight is 612 g/mol. The number of hydrogen-bond acceptors (Lipinski definition) is 8. The Hall–Kier alpha value is -4.56. The Morgan fingerprint density at radius 3 is 2.84 bits per heavy atom. The van der Waals surface area contributed by atoms with Crippen molar-refractivity contribution in [3.05, 3.63) is 65.1 Å². The normalized spacial score (nSPS) is 19.0. The van der Waals surface area contributed by atoms with Crippen molar-refractivity contribution in [3.63, 3.8) is 0 Å². The molecule has 1 saturated heterocycles. The van der Waals surface area contributed by atoms with E-state index in [0.29, 0.717) is 24.9 Å². The van der Waals surface area contributed by atoms with Gasteiger partial charge in [-0.2, -0.15) is 0 Å². The lowest BCUT2D eigenvalue weighted by molar-refractivity contribution is -0.124. The Balaban J connectivity index is 0.976. The van der Waals surface area contributed by atoms with Crippen LogP contribution in [0.15, 0.2) is 35.5 Å². The molecule has 6 rings (SSSR count). The van der Waals surface area contributed by atoms with E-state index in [1.54, 1.807) is 0 Å². The summed E-state index contributed by atoms with van der Waals surface area (Å²) in [7, 11) is 1.28. The first-order valence-electron chi connectivity index (χ1n) is 15.9. The highest BCUT2D eigenvalue weighted by molar-refractivity contribution is 5.86. The minimum Gasteiger partial charge on any atom is -0.453 e. The molecule has 2 aromatic carbocycles. The molecular formula is C34H41N7O4. The number of imidazole rings is 1. The fraction of sp³-hybridized carbons (Fsp3) is 0.471. The zero-order valence-corrected chi connectivity index (χ0v) is 26.1. The monoisotopic (exact) mass is 611 g/mol. The summed E-state index contributed by atoms with van der Waals surface area (Å²) in [5.41, 5.74) is 5.23. The van der Waals surface area contributed by atoms with Crippen LogP contribution in [0.3, 0.4) is 0 Å². The van der Waals surface area contributed by atoms with Gasteiger partial charge in [-0.05, 0) is 67.5 Å². The van der Waals surface area contributed by atoms with Crippen molar-refractivity contribution in [3.8, 4) is 22.8 Å². The van der Waals surface area contributed by atoms with Gasteiger partial charge in [0.05, 0.1) is 49.0 Å². The quantitative estimate of drug-likeness (QED) is 0.157. The maximum absolute atomic E-state index is 12.5. The molecule has 3 atom stereocenters. The van der Waals surface area contributed by atoms with Crippen molar-refractivity contribution in [1.29, 1.82) is 0 Å². The number of carbonyl (C=O) groups excluding carboxylic acids is 2. The van der Waals surface area contributed by atoms with Gasteiger partial charge in [0, 0.05) is 24.9 Å². The Bertz CT molecular complexity index is 1560. The summed E-state index contributed by atoms with van der Waals surface area (Å²) in [5.74, 6) is 3.26. The predicted octanol–water partition coefficient (Wildman–Crippen LogP) is 4.51. The molecule has 0 aliphatic carbocycles. The van der Waals surface area contributed by atoms with Crippen LogP contribution in [0.2, 0.25) is 0 Å². The number of nitrogens with zero attached hydrogens (tertiary/aromatic N) is 2. The van der Waals surface area contributed by atoms with Crippen LogP contribution >= 0.6 is 0 Å². The molecule has 4 heterocycles. The molecular weight excluding hydrogens is 570 g/mol. The third-order valence-electron chi connectivity index (χ3n) is 8.64. The van der Waals surface area contributed by atoms with Crippen LogP contribution in [0.4, 0.5) is 4.79 Å². The van der Waals surface area contributed by atoms with Gasteiger partial charge in [0.2, 0.25) is 5.91 Å². The number of nitrogens with one attached hydrogen (secondary N) is 5. The van der Waals surface area contributed by atoms with Gasteiger partial charge in [-0.25, -0.2) is 9.78 Å². The predicted molar refractivity (Wildman–Crippen MR) is 170 cm³/mol. The molecule has 1 aromatic heterocycles. The third kappa shape index (κ3) is 7.07. The van der Waals surface area contributed by atoms with Crippen LogP contribution < -0.4 is 26.0 Å². The topological polar surface area (TPSA) is 142 Å². The molecule has 11 nitrogen and oxygen atoms in total. The fourth-order valence-electron chi connectivity index (χ4n) is 6.05. The van der Waals surface area contributed by atoms with Crippen LogP contribution in [-0.4, -0.2) is 60.6 Å². The molecule has 3 unspecified atom stereocenters. The van der Waals surface area contributed by atoms with Gasteiger partial charge in [0.1, 0.15) is 17.6 Å². The molecule has 45 heavy (non-hydrogen) atoms. The zero-order valence-electron chi connectivity index (χ0n) is 26.1. The second kappa shape index (κ2) is 13.6. The highest BCUT2D eigenvalue weighted by Gasteiger charge is 2.26. The Kier molecular flexibility index (Phi) is 9.21. The second-order valence-corrected chi connectivity index (χ2v) is 12.2. The lowest BCUT2D eigenvalue weighted by Crippen LogP contribution is -2.49. The van der Waals surface area contributed by atoms with E-state index in [4.69, 9.17) is 9.73 Å². The first-order valence-corrected chi connectivity index (χ1v) is 15.9. The highest BCUT2D eigenvalue weighted by Crippen LogP contribution is 2.38. The van der Waals surface area contributed by atoms with E-state index in [1.165, 1.54) is 13.5 Å². The van der Waals surface area contributed by atoms with Crippen LogP contribution in [0.5, 0.6) is 11.5 Å². The molecule has 0 bridgehead atoms. The first-order chi connectivity index (χ1) is 21.9. The standard InChI is InChI=1S/C34H41N7O4/c1-20(2)31(41-34(43)44-3)33(42)36-13-5-4-8-30-37-18-26(39-30)22-9-10-23-16-24-15-21(11-12-28(24)45-29(23)17-22)27-19-38-32(40-27)25-7-6-14-35-25/h9-10,15,17,19-20,25-26,31,35H,4-8,13-14,16,18H2,1-3H3,(H,36,42)(H,37,39)(H,38,40)(H,41,43). The van der Waals surface area contributed by atoms with Crippen molar-refractivity contribution < 1.29 is 19.1 Å². The summed E-state index contributed by atoms with van der Waals surface area (Å²) in [6.45, 7) is 6.00. The Morgan fingerprint density at radius 2 is 2.04 bits per heavy atom. The number of H-pyrrole nitrogens is 1. The van der Waals surface area contributed by atoms with E-state index in [9.17, 15) is 9.59 Å². The van der Waals surface area contributed by atoms with Gasteiger partial charge in [0.15, 0.2) is 5.75 Å². The molecule has 0 saturated carbocycles. The SMILES string of the molecule is COC(=O)NC(C(=O)NCCCCC1=NCC(c2ccc3c(c2)Oc2c#cc(-c4cnc(C5CCCN5)[nH]4)cc2C3)N1)C(C)C. The number of rotatable bonds is 11. The molecule has 0 radical (unpaired) electrons. The number of aromatic amines is 1. The van der Waals surface area contributed by atoms with Crippen molar-refractivity contribution in [2.24, 2.45) is 10.9 Å². The number of fused-ring (bicyclic) bond motifs is 2. The Morgan fingerprint density at radius 1 is 1.16 bits per heavy atom. The number of benzene rings is 1. The van der Waals surface area contributed by atoms with Gasteiger partial charge in [-0.1, -0.05) is 32.0 Å². The van der Waals surface area contributed by atoms with E-state index in [-0.39, 0.29) is 17.9 Å². The summed E-state index contributed by atoms with van der Waals surface area (Å²) in [5, 5.41) is 12.6. The average Bonchev–Trinajstić information content (AvgIpc) is 3.84. The van der Waals surface area contributed by atoms with Crippen LogP contribution in [0, 0.1) is 18.1 Å². The number of aliphatic imine (C=N–C) groups is 1. The molecule has 3 aromatic rings. The number of aromatic nitrogens is 2. The Labute approximate surface area is 264 Å².